The van der Waals surface area contributed by atoms with Gasteiger partial charge in [-0.15, -0.1) is 0 Å². The molecule has 1 atom stereocenters. The maximum atomic E-state index is 6.02. The Hall–Kier alpha value is -1.10. The molecule has 1 heterocycles. The van der Waals surface area contributed by atoms with Gasteiger partial charge in [0.15, 0.2) is 6.29 Å². The lowest BCUT2D eigenvalue weighted by molar-refractivity contribution is -0.117. The Kier molecular flexibility index (Phi) is 4.58. The zero-order chi connectivity index (χ0) is 13.0. The van der Waals surface area contributed by atoms with Crippen molar-refractivity contribution in [2.75, 3.05) is 20.8 Å². The van der Waals surface area contributed by atoms with Crippen LogP contribution in [0.2, 0.25) is 0 Å². The van der Waals surface area contributed by atoms with E-state index in [1.807, 2.05) is 6.07 Å². The third-order valence-electron chi connectivity index (χ3n) is 3.33. The normalized spacial score (nSPS) is 15.6. The van der Waals surface area contributed by atoms with Crippen molar-refractivity contribution >= 4 is 0 Å². The third-order valence-corrected chi connectivity index (χ3v) is 3.33. The second kappa shape index (κ2) is 6.18. The average Bonchev–Trinajstić information content (AvgIpc) is 2.85. The van der Waals surface area contributed by atoms with Crippen LogP contribution in [0.15, 0.2) is 18.2 Å². The van der Waals surface area contributed by atoms with Crippen LogP contribution >= 0.6 is 0 Å². The first-order chi connectivity index (χ1) is 8.74. The highest BCUT2D eigenvalue weighted by molar-refractivity contribution is 5.39. The fourth-order valence-electron chi connectivity index (χ4n) is 2.31. The molecular formula is C14H21NO3. The number of hydrogen-bond acceptors (Lipinski definition) is 4. The monoisotopic (exact) mass is 251 g/mol. The molecule has 2 rings (SSSR count). The minimum atomic E-state index is -0.331. The molecule has 4 heteroatoms. The van der Waals surface area contributed by atoms with E-state index in [0.29, 0.717) is 0 Å². The number of nitrogens with two attached hydrogens (primary N) is 1. The van der Waals surface area contributed by atoms with Crippen LogP contribution in [-0.4, -0.2) is 33.2 Å². The number of benzene rings is 1. The first-order valence-corrected chi connectivity index (χ1v) is 6.30. The van der Waals surface area contributed by atoms with Crippen molar-refractivity contribution in [3.8, 4) is 5.75 Å². The third kappa shape index (κ3) is 3.02. The molecule has 0 saturated heterocycles. The summed E-state index contributed by atoms with van der Waals surface area (Å²) >= 11 is 0. The summed E-state index contributed by atoms with van der Waals surface area (Å²) in [6.45, 7) is 0.799. The van der Waals surface area contributed by atoms with Crippen molar-refractivity contribution in [1.82, 2.24) is 0 Å². The van der Waals surface area contributed by atoms with Gasteiger partial charge < -0.3 is 19.9 Å². The van der Waals surface area contributed by atoms with Gasteiger partial charge in [-0.25, -0.2) is 0 Å². The Morgan fingerprint density at radius 2 is 2.11 bits per heavy atom. The maximum absolute atomic E-state index is 6.02. The highest BCUT2D eigenvalue weighted by atomic mass is 16.7. The summed E-state index contributed by atoms with van der Waals surface area (Å²) in [6.07, 6.45) is 2.44. The molecule has 0 amide bonds. The van der Waals surface area contributed by atoms with E-state index in [1.54, 1.807) is 14.2 Å². The highest BCUT2D eigenvalue weighted by Gasteiger charge is 2.17. The molecule has 1 aliphatic rings. The summed E-state index contributed by atoms with van der Waals surface area (Å²) in [5, 5.41) is 0. The first kappa shape index (κ1) is 13.3. The summed E-state index contributed by atoms with van der Waals surface area (Å²) in [5.74, 6) is 1.02. The lowest BCUT2D eigenvalue weighted by Crippen LogP contribution is -2.37. The fraction of sp³-hybridized carbons (Fsp3) is 0.571. The van der Waals surface area contributed by atoms with Crippen molar-refractivity contribution in [2.45, 2.75) is 31.6 Å². The Morgan fingerprint density at radius 3 is 2.83 bits per heavy atom. The molecule has 4 nitrogen and oxygen atoms in total. The quantitative estimate of drug-likeness (QED) is 0.778. The molecule has 0 saturated carbocycles. The van der Waals surface area contributed by atoms with Gasteiger partial charge in [0.25, 0.3) is 0 Å². The summed E-state index contributed by atoms with van der Waals surface area (Å²) in [5.41, 5.74) is 8.62. The van der Waals surface area contributed by atoms with Gasteiger partial charge in [0, 0.05) is 20.6 Å². The number of hydrogen-bond donors (Lipinski definition) is 1. The number of ether oxygens (including phenoxy) is 3. The Balaban J connectivity index is 1.90. The van der Waals surface area contributed by atoms with E-state index in [1.165, 1.54) is 11.1 Å². The van der Waals surface area contributed by atoms with Crippen LogP contribution < -0.4 is 10.5 Å². The minimum Gasteiger partial charge on any atom is -0.493 e. The van der Waals surface area contributed by atoms with Crippen molar-refractivity contribution < 1.29 is 14.2 Å². The van der Waals surface area contributed by atoms with E-state index < -0.39 is 0 Å². The van der Waals surface area contributed by atoms with Crippen LogP contribution in [0, 0.1) is 0 Å². The average molecular weight is 251 g/mol. The van der Waals surface area contributed by atoms with Gasteiger partial charge in [-0.1, -0.05) is 12.1 Å². The summed E-state index contributed by atoms with van der Waals surface area (Å²) in [6, 6.07) is 6.26. The molecule has 0 fully saturated rings. The Labute approximate surface area is 108 Å². The first-order valence-electron chi connectivity index (χ1n) is 6.30. The smallest absolute Gasteiger partial charge is 0.171 e. The summed E-state index contributed by atoms with van der Waals surface area (Å²) in [4.78, 5) is 0. The summed E-state index contributed by atoms with van der Waals surface area (Å²) in [7, 11) is 3.22. The van der Waals surface area contributed by atoms with E-state index >= 15 is 0 Å². The zero-order valence-electron chi connectivity index (χ0n) is 11.0. The fourth-order valence-corrected chi connectivity index (χ4v) is 2.31. The lowest BCUT2D eigenvalue weighted by Gasteiger charge is -2.20. The van der Waals surface area contributed by atoms with Gasteiger partial charge in [-0.2, -0.15) is 0 Å². The van der Waals surface area contributed by atoms with E-state index in [4.69, 9.17) is 19.9 Å². The molecule has 1 aromatic rings. The van der Waals surface area contributed by atoms with Crippen LogP contribution in [-0.2, 0) is 22.3 Å². The molecule has 0 aliphatic carbocycles. The molecular weight excluding hydrogens is 230 g/mol. The SMILES string of the molecule is COC(OC)C(N)CCc1ccc2c(c1)CCO2. The van der Waals surface area contributed by atoms with Crippen LogP contribution in [0.3, 0.4) is 0 Å². The van der Waals surface area contributed by atoms with Crippen LogP contribution in [0.5, 0.6) is 5.75 Å². The van der Waals surface area contributed by atoms with Crippen molar-refractivity contribution in [2.24, 2.45) is 5.73 Å². The lowest BCUT2D eigenvalue weighted by atomic mass is 10.0. The second-order valence-electron chi connectivity index (χ2n) is 4.58. The zero-order valence-corrected chi connectivity index (χ0v) is 11.0. The number of methoxy groups -OCH3 is 2. The van der Waals surface area contributed by atoms with E-state index in [2.05, 4.69) is 12.1 Å². The van der Waals surface area contributed by atoms with Gasteiger partial charge in [0.2, 0.25) is 0 Å². The van der Waals surface area contributed by atoms with Gasteiger partial charge in [-0.3, -0.25) is 0 Å². The molecule has 18 heavy (non-hydrogen) atoms. The number of fused-ring (bicyclic) bond motifs is 1. The summed E-state index contributed by atoms with van der Waals surface area (Å²) < 4.78 is 15.8. The topological polar surface area (TPSA) is 53.7 Å². The highest BCUT2D eigenvalue weighted by Crippen LogP contribution is 2.26. The molecule has 2 N–H and O–H groups in total. The number of rotatable bonds is 6. The van der Waals surface area contributed by atoms with Gasteiger partial charge >= 0.3 is 0 Å². The molecule has 0 spiro atoms. The van der Waals surface area contributed by atoms with E-state index in [0.717, 1.165) is 31.6 Å². The standard InChI is InChI=1S/C14H21NO3/c1-16-14(17-2)12(15)5-3-10-4-6-13-11(9-10)7-8-18-13/h4,6,9,12,14H,3,5,7-8,15H2,1-2H3. The Bertz CT molecular complexity index is 391. The molecule has 0 bridgehead atoms. The molecule has 1 aromatic carbocycles. The molecule has 1 aliphatic heterocycles. The molecule has 0 aromatic heterocycles. The van der Waals surface area contributed by atoms with E-state index in [-0.39, 0.29) is 12.3 Å². The van der Waals surface area contributed by atoms with E-state index in [9.17, 15) is 0 Å². The second-order valence-corrected chi connectivity index (χ2v) is 4.58. The van der Waals surface area contributed by atoms with Crippen molar-refractivity contribution in [3.05, 3.63) is 29.3 Å². The predicted octanol–water partition coefficient (Wildman–Crippen LogP) is 1.50. The van der Waals surface area contributed by atoms with Crippen molar-refractivity contribution in [1.29, 1.82) is 0 Å². The molecule has 1 unspecified atom stereocenters. The molecule has 0 radical (unpaired) electrons. The predicted molar refractivity (Wildman–Crippen MR) is 69.7 cm³/mol. The van der Waals surface area contributed by atoms with Crippen LogP contribution in [0.1, 0.15) is 17.5 Å². The van der Waals surface area contributed by atoms with Crippen molar-refractivity contribution in [3.63, 3.8) is 0 Å². The van der Waals surface area contributed by atoms with Gasteiger partial charge in [-0.05, 0) is 30.0 Å². The maximum Gasteiger partial charge on any atom is 0.171 e. The Morgan fingerprint density at radius 1 is 1.33 bits per heavy atom. The number of aryl methyl sites for hydroxylation is 1. The van der Waals surface area contributed by atoms with Crippen LogP contribution in [0.4, 0.5) is 0 Å². The van der Waals surface area contributed by atoms with Gasteiger partial charge in [0.05, 0.1) is 12.6 Å². The van der Waals surface area contributed by atoms with Crippen LogP contribution in [0.25, 0.3) is 0 Å². The largest absolute Gasteiger partial charge is 0.493 e. The molecule has 100 valence electrons. The minimum absolute atomic E-state index is 0.107. The van der Waals surface area contributed by atoms with Gasteiger partial charge in [0.1, 0.15) is 5.75 Å².